The van der Waals surface area contributed by atoms with Gasteiger partial charge in [0.25, 0.3) is 5.22 Å². The van der Waals surface area contributed by atoms with Crippen LogP contribution in [0.4, 0.5) is 5.95 Å². The third-order valence-corrected chi connectivity index (χ3v) is 3.73. The van der Waals surface area contributed by atoms with Gasteiger partial charge in [0.2, 0.25) is 5.95 Å². The zero-order valence-corrected chi connectivity index (χ0v) is 11.6. The number of nitrogens with zero attached hydrogens (tertiary/aromatic N) is 3. The lowest BCUT2D eigenvalue weighted by atomic mass is 10.4. The first-order valence-electron chi connectivity index (χ1n) is 4.71. The number of hydrogen-bond donors (Lipinski definition) is 2. The van der Waals surface area contributed by atoms with Gasteiger partial charge in [-0.1, -0.05) is 0 Å². The Hall–Kier alpha value is -1.12. The zero-order valence-electron chi connectivity index (χ0n) is 9.19. The normalized spacial score (nSPS) is 10.6. The van der Waals surface area contributed by atoms with Gasteiger partial charge in [-0.2, -0.15) is 0 Å². The molecule has 0 spiro atoms. The molecule has 0 aromatic carbocycles. The molecule has 0 fully saturated rings. The van der Waals surface area contributed by atoms with E-state index in [4.69, 9.17) is 10.3 Å². The minimum atomic E-state index is 0.343. The number of aryl methyl sites for hydroxylation is 2. The van der Waals surface area contributed by atoms with Gasteiger partial charge in [0, 0.05) is 6.20 Å². The predicted molar refractivity (Wildman–Crippen MR) is 67.6 cm³/mol. The lowest BCUT2D eigenvalue weighted by Gasteiger charge is -2.02. The maximum Gasteiger partial charge on any atom is 0.262 e. The Balaban J connectivity index is 2.28. The van der Waals surface area contributed by atoms with Crippen molar-refractivity contribution >= 4 is 33.6 Å². The monoisotopic (exact) mass is 315 g/mol. The lowest BCUT2D eigenvalue weighted by molar-refractivity contribution is 0.431. The van der Waals surface area contributed by atoms with E-state index in [0.29, 0.717) is 16.2 Å². The smallest absolute Gasteiger partial charge is 0.262 e. The van der Waals surface area contributed by atoms with Gasteiger partial charge < -0.3 is 4.42 Å². The molecule has 0 aliphatic carbocycles. The molecule has 17 heavy (non-hydrogen) atoms. The van der Waals surface area contributed by atoms with Crippen molar-refractivity contribution in [3.63, 3.8) is 0 Å². The third-order valence-electron chi connectivity index (χ3n) is 2.03. The van der Waals surface area contributed by atoms with E-state index in [2.05, 4.69) is 36.3 Å². The summed E-state index contributed by atoms with van der Waals surface area (Å²) >= 11 is 4.67. The summed E-state index contributed by atoms with van der Waals surface area (Å²) in [6.07, 6.45) is 1.62. The van der Waals surface area contributed by atoms with Crippen molar-refractivity contribution in [2.24, 2.45) is 5.84 Å². The molecule has 0 aliphatic rings. The molecule has 3 N–H and O–H groups in total. The van der Waals surface area contributed by atoms with Crippen LogP contribution in [0.2, 0.25) is 0 Å². The molecule has 0 saturated carbocycles. The van der Waals surface area contributed by atoms with Gasteiger partial charge in [-0.15, -0.1) is 0 Å². The molecule has 0 atom stereocenters. The standard InChI is InChI=1S/C9H10BrN5OS/c1-4-5(2)16-9(13-4)17-7-6(10)3-12-8(14-7)15-11/h3H,11H2,1-2H3,(H,12,14,15). The van der Waals surface area contributed by atoms with E-state index < -0.39 is 0 Å². The van der Waals surface area contributed by atoms with Gasteiger partial charge in [-0.3, -0.25) is 5.43 Å². The Morgan fingerprint density at radius 3 is 2.76 bits per heavy atom. The number of nitrogen functional groups attached to an aromatic ring is 1. The molecular formula is C9H10BrN5OS. The second kappa shape index (κ2) is 5.03. The summed E-state index contributed by atoms with van der Waals surface area (Å²) in [6.45, 7) is 3.76. The van der Waals surface area contributed by atoms with Crippen LogP contribution in [-0.2, 0) is 0 Å². The number of halogens is 1. The molecule has 2 heterocycles. The van der Waals surface area contributed by atoms with E-state index in [1.165, 1.54) is 11.8 Å². The topological polar surface area (TPSA) is 89.9 Å². The van der Waals surface area contributed by atoms with Gasteiger partial charge in [0.1, 0.15) is 10.8 Å². The fraction of sp³-hybridized carbons (Fsp3) is 0.222. The Morgan fingerprint density at radius 1 is 1.41 bits per heavy atom. The first kappa shape index (κ1) is 12.3. The number of rotatable bonds is 3. The Bertz CT molecular complexity index is 525. The molecule has 0 radical (unpaired) electrons. The van der Waals surface area contributed by atoms with Crippen molar-refractivity contribution in [1.82, 2.24) is 15.0 Å². The number of nitrogens with one attached hydrogen (secondary N) is 1. The van der Waals surface area contributed by atoms with Crippen LogP contribution in [0.25, 0.3) is 0 Å². The van der Waals surface area contributed by atoms with Gasteiger partial charge in [-0.25, -0.2) is 20.8 Å². The van der Waals surface area contributed by atoms with Crippen molar-refractivity contribution in [3.05, 3.63) is 22.1 Å². The number of anilines is 1. The molecule has 0 bridgehead atoms. The molecule has 0 amide bonds. The summed E-state index contributed by atoms with van der Waals surface area (Å²) in [5, 5.41) is 1.23. The van der Waals surface area contributed by atoms with Gasteiger partial charge in [-0.05, 0) is 41.5 Å². The molecular weight excluding hydrogens is 306 g/mol. The van der Waals surface area contributed by atoms with Crippen molar-refractivity contribution in [1.29, 1.82) is 0 Å². The first-order chi connectivity index (χ1) is 8.10. The highest BCUT2D eigenvalue weighted by molar-refractivity contribution is 9.10. The van der Waals surface area contributed by atoms with Crippen LogP contribution in [0.1, 0.15) is 11.5 Å². The fourth-order valence-corrected chi connectivity index (χ4v) is 2.29. The van der Waals surface area contributed by atoms with E-state index in [1.54, 1.807) is 6.20 Å². The molecule has 0 aliphatic heterocycles. The number of nitrogens with two attached hydrogens (primary N) is 1. The second-order valence-corrected chi connectivity index (χ2v) is 5.01. The average Bonchev–Trinajstić information content (AvgIpc) is 2.61. The average molecular weight is 316 g/mol. The Morgan fingerprint density at radius 2 is 2.18 bits per heavy atom. The minimum Gasteiger partial charge on any atom is -0.436 e. The highest BCUT2D eigenvalue weighted by Gasteiger charge is 2.12. The number of aromatic nitrogens is 3. The maximum atomic E-state index is 5.47. The van der Waals surface area contributed by atoms with Crippen molar-refractivity contribution in [2.75, 3.05) is 5.43 Å². The first-order valence-corrected chi connectivity index (χ1v) is 6.32. The van der Waals surface area contributed by atoms with Crippen LogP contribution >= 0.6 is 27.7 Å². The van der Waals surface area contributed by atoms with Crippen LogP contribution < -0.4 is 11.3 Å². The van der Waals surface area contributed by atoms with E-state index in [-0.39, 0.29) is 0 Å². The SMILES string of the molecule is Cc1nc(Sc2nc(NN)ncc2Br)oc1C. The highest BCUT2D eigenvalue weighted by atomic mass is 79.9. The quantitative estimate of drug-likeness (QED) is 0.510. The number of hydrazine groups is 1. The van der Waals surface area contributed by atoms with Crippen LogP contribution in [0.3, 0.4) is 0 Å². The molecule has 2 rings (SSSR count). The summed E-state index contributed by atoms with van der Waals surface area (Å²) in [7, 11) is 0. The summed E-state index contributed by atoms with van der Waals surface area (Å²) < 4.78 is 6.22. The maximum absolute atomic E-state index is 5.47. The molecule has 6 nitrogen and oxygen atoms in total. The molecule has 2 aromatic rings. The number of hydrogen-bond acceptors (Lipinski definition) is 7. The van der Waals surface area contributed by atoms with Crippen LogP contribution in [0, 0.1) is 13.8 Å². The lowest BCUT2D eigenvalue weighted by Crippen LogP contribution is -2.10. The largest absolute Gasteiger partial charge is 0.436 e. The summed E-state index contributed by atoms with van der Waals surface area (Å²) in [4.78, 5) is 12.4. The molecule has 90 valence electrons. The van der Waals surface area contributed by atoms with E-state index >= 15 is 0 Å². The third kappa shape index (κ3) is 2.76. The molecule has 8 heteroatoms. The molecule has 0 saturated heterocycles. The van der Waals surface area contributed by atoms with E-state index in [9.17, 15) is 0 Å². The van der Waals surface area contributed by atoms with Crippen LogP contribution in [-0.4, -0.2) is 15.0 Å². The summed E-state index contributed by atoms with van der Waals surface area (Å²) in [5.74, 6) is 6.40. The van der Waals surface area contributed by atoms with Gasteiger partial charge >= 0.3 is 0 Å². The molecule has 0 unspecified atom stereocenters. The van der Waals surface area contributed by atoms with Crippen molar-refractivity contribution < 1.29 is 4.42 Å². The Labute approximate surface area is 111 Å². The minimum absolute atomic E-state index is 0.343. The van der Waals surface area contributed by atoms with Gasteiger partial charge in [0.05, 0.1) is 10.2 Å². The van der Waals surface area contributed by atoms with E-state index in [0.717, 1.165) is 15.9 Å². The molecule has 2 aromatic heterocycles. The summed E-state index contributed by atoms with van der Waals surface area (Å²) in [5.41, 5.74) is 3.26. The number of oxazole rings is 1. The zero-order chi connectivity index (χ0) is 12.4. The van der Waals surface area contributed by atoms with Crippen LogP contribution in [0.15, 0.2) is 25.3 Å². The fourth-order valence-electron chi connectivity index (χ4n) is 1.06. The van der Waals surface area contributed by atoms with E-state index in [1.807, 2.05) is 13.8 Å². The predicted octanol–water partition coefficient (Wildman–Crippen LogP) is 2.28. The summed E-state index contributed by atoms with van der Waals surface area (Å²) in [6, 6.07) is 0. The van der Waals surface area contributed by atoms with Crippen molar-refractivity contribution in [3.8, 4) is 0 Å². The van der Waals surface area contributed by atoms with Gasteiger partial charge in [0.15, 0.2) is 0 Å². The highest BCUT2D eigenvalue weighted by Crippen LogP contribution is 2.32. The Kier molecular flexibility index (Phi) is 3.65. The second-order valence-electron chi connectivity index (χ2n) is 3.21. The van der Waals surface area contributed by atoms with Crippen molar-refractivity contribution in [2.45, 2.75) is 24.1 Å². The van der Waals surface area contributed by atoms with Crippen LogP contribution in [0.5, 0.6) is 0 Å².